The van der Waals surface area contributed by atoms with Gasteiger partial charge in [-0.1, -0.05) is 19.1 Å². The molecule has 1 fully saturated rings. The highest BCUT2D eigenvalue weighted by atomic mass is 16.5. The van der Waals surface area contributed by atoms with Crippen LogP contribution in [0.1, 0.15) is 25.3 Å². The lowest BCUT2D eigenvalue weighted by atomic mass is 9.79. The molecule has 0 aromatic heterocycles. The number of hydrogen-bond acceptors (Lipinski definition) is 3. The molecule has 0 atom stereocenters. The molecule has 110 valence electrons. The molecule has 1 aromatic rings. The van der Waals surface area contributed by atoms with Crippen LogP contribution in [0.4, 0.5) is 0 Å². The highest BCUT2D eigenvalue weighted by Gasteiger charge is 2.36. The molecule has 0 saturated carbocycles. The lowest BCUT2D eigenvalue weighted by Crippen LogP contribution is -2.46. The minimum atomic E-state index is -0.223. The minimum absolute atomic E-state index is 0.223. The summed E-state index contributed by atoms with van der Waals surface area (Å²) in [6.45, 7) is 4.56. The number of hydrogen-bond donors (Lipinski definition) is 1. The van der Waals surface area contributed by atoms with Gasteiger partial charge < -0.3 is 15.0 Å². The van der Waals surface area contributed by atoms with Gasteiger partial charge in [0.1, 0.15) is 5.75 Å². The maximum atomic E-state index is 12.6. The number of carbonyl (C=O) groups excluding carboxylic acids is 1. The molecule has 2 rings (SSSR count). The van der Waals surface area contributed by atoms with Crippen molar-refractivity contribution in [1.82, 2.24) is 10.2 Å². The first kappa shape index (κ1) is 14.9. The van der Waals surface area contributed by atoms with Crippen LogP contribution in [0.5, 0.6) is 5.75 Å². The van der Waals surface area contributed by atoms with Crippen LogP contribution in [0.25, 0.3) is 0 Å². The Hall–Kier alpha value is -1.55. The average molecular weight is 276 g/mol. The van der Waals surface area contributed by atoms with Gasteiger partial charge in [-0.3, -0.25) is 4.79 Å². The number of carbonyl (C=O) groups is 1. The number of piperidine rings is 1. The van der Waals surface area contributed by atoms with Gasteiger partial charge in [0.05, 0.1) is 7.11 Å². The van der Waals surface area contributed by atoms with Crippen molar-refractivity contribution in [3.05, 3.63) is 29.8 Å². The monoisotopic (exact) mass is 276 g/mol. The van der Waals surface area contributed by atoms with E-state index in [1.807, 2.05) is 36.2 Å². The predicted molar refractivity (Wildman–Crippen MR) is 79.7 cm³/mol. The lowest BCUT2D eigenvalue weighted by Gasteiger charge is -2.36. The van der Waals surface area contributed by atoms with E-state index in [1.54, 1.807) is 7.11 Å². The molecule has 1 heterocycles. The number of amides is 1. The van der Waals surface area contributed by atoms with E-state index < -0.39 is 0 Å². The molecule has 1 N–H and O–H groups in total. The van der Waals surface area contributed by atoms with E-state index in [2.05, 4.69) is 12.2 Å². The fourth-order valence-electron chi connectivity index (χ4n) is 2.77. The molecule has 20 heavy (non-hydrogen) atoms. The second-order valence-corrected chi connectivity index (χ2v) is 5.82. The van der Waals surface area contributed by atoms with E-state index in [0.29, 0.717) is 6.54 Å². The number of nitrogens with one attached hydrogen (secondary N) is 1. The first-order chi connectivity index (χ1) is 9.55. The molecule has 0 unspecified atom stereocenters. The van der Waals surface area contributed by atoms with E-state index in [0.717, 1.165) is 37.2 Å². The third-order valence-corrected chi connectivity index (χ3v) is 4.12. The fourth-order valence-corrected chi connectivity index (χ4v) is 2.77. The third-order valence-electron chi connectivity index (χ3n) is 4.12. The van der Waals surface area contributed by atoms with Crippen LogP contribution >= 0.6 is 0 Å². The van der Waals surface area contributed by atoms with Crippen molar-refractivity contribution in [2.45, 2.75) is 26.3 Å². The Kier molecular flexibility index (Phi) is 4.65. The van der Waals surface area contributed by atoms with Gasteiger partial charge in [-0.15, -0.1) is 0 Å². The van der Waals surface area contributed by atoms with Crippen LogP contribution in [0.3, 0.4) is 0 Å². The lowest BCUT2D eigenvalue weighted by molar-refractivity contribution is -0.141. The zero-order chi connectivity index (χ0) is 14.6. The number of benzene rings is 1. The first-order valence-electron chi connectivity index (χ1n) is 7.14. The Labute approximate surface area is 121 Å². The van der Waals surface area contributed by atoms with Gasteiger partial charge in [0.15, 0.2) is 0 Å². The van der Waals surface area contributed by atoms with Gasteiger partial charge in [0, 0.05) is 19.0 Å². The van der Waals surface area contributed by atoms with Crippen molar-refractivity contribution in [3.8, 4) is 5.75 Å². The number of methoxy groups -OCH3 is 1. The zero-order valence-corrected chi connectivity index (χ0v) is 12.6. The van der Waals surface area contributed by atoms with Crippen LogP contribution < -0.4 is 10.1 Å². The molecular weight excluding hydrogens is 252 g/mol. The smallest absolute Gasteiger partial charge is 0.228 e. The maximum Gasteiger partial charge on any atom is 0.228 e. The van der Waals surface area contributed by atoms with Crippen LogP contribution in [0.15, 0.2) is 24.3 Å². The second-order valence-electron chi connectivity index (χ2n) is 5.82. The summed E-state index contributed by atoms with van der Waals surface area (Å²) in [5.41, 5.74) is 0.872. The molecule has 1 amide bonds. The van der Waals surface area contributed by atoms with Crippen LogP contribution in [0.2, 0.25) is 0 Å². The highest BCUT2D eigenvalue weighted by molar-refractivity contribution is 5.82. The molecule has 0 bridgehead atoms. The Morgan fingerprint density at radius 2 is 2.10 bits per heavy atom. The van der Waals surface area contributed by atoms with Crippen molar-refractivity contribution >= 4 is 5.91 Å². The Bertz CT molecular complexity index is 467. The summed E-state index contributed by atoms with van der Waals surface area (Å²) in [5.74, 6) is 1.07. The summed E-state index contributed by atoms with van der Waals surface area (Å²) in [4.78, 5) is 14.5. The van der Waals surface area contributed by atoms with Crippen molar-refractivity contribution in [1.29, 1.82) is 0 Å². The Morgan fingerprint density at radius 1 is 1.40 bits per heavy atom. The molecule has 4 nitrogen and oxygen atoms in total. The highest BCUT2D eigenvalue weighted by Crippen LogP contribution is 2.30. The summed E-state index contributed by atoms with van der Waals surface area (Å²) in [6.07, 6.45) is 1.82. The molecule has 0 radical (unpaired) electrons. The number of nitrogens with zero attached hydrogens (tertiary/aromatic N) is 1. The largest absolute Gasteiger partial charge is 0.497 e. The van der Waals surface area contributed by atoms with E-state index >= 15 is 0 Å². The quantitative estimate of drug-likeness (QED) is 0.915. The first-order valence-corrected chi connectivity index (χ1v) is 7.14. The summed E-state index contributed by atoms with van der Waals surface area (Å²) >= 11 is 0. The second kappa shape index (κ2) is 6.27. The molecule has 0 spiro atoms. The SMILES string of the molecule is COc1cccc(CN(C)C(=O)C2(C)CCNCC2)c1. The molecule has 1 aliphatic heterocycles. The Balaban J connectivity index is 2.03. The zero-order valence-electron chi connectivity index (χ0n) is 12.6. The average Bonchev–Trinajstić information content (AvgIpc) is 2.47. The van der Waals surface area contributed by atoms with E-state index in [4.69, 9.17) is 4.74 Å². The summed E-state index contributed by atoms with van der Waals surface area (Å²) in [6, 6.07) is 7.88. The fraction of sp³-hybridized carbons (Fsp3) is 0.562. The van der Waals surface area contributed by atoms with Gasteiger partial charge in [0.2, 0.25) is 5.91 Å². The predicted octanol–water partition coefficient (Wildman–Crippen LogP) is 2.04. The summed E-state index contributed by atoms with van der Waals surface area (Å²) < 4.78 is 5.22. The van der Waals surface area contributed by atoms with Crippen molar-refractivity contribution in [2.24, 2.45) is 5.41 Å². The van der Waals surface area contributed by atoms with Gasteiger partial charge in [0.25, 0.3) is 0 Å². The number of rotatable bonds is 4. The van der Waals surface area contributed by atoms with Crippen LogP contribution in [0, 0.1) is 5.41 Å². The molecule has 4 heteroatoms. The van der Waals surface area contributed by atoms with Gasteiger partial charge in [-0.25, -0.2) is 0 Å². The van der Waals surface area contributed by atoms with Gasteiger partial charge >= 0.3 is 0 Å². The van der Waals surface area contributed by atoms with E-state index in [1.165, 1.54) is 0 Å². The van der Waals surface area contributed by atoms with E-state index in [9.17, 15) is 4.79 Å². The van der Waals surface area contributed by atoms with Gasteiger partial charge in [-0.2, -0.15) is 0 Å². The molecular formula is C16H24N2O2. The summed E-state index contributed by atoms with van der Waals surface area (Å²) in [5, 5.41) is 3.31. The van der Waals surface area contributed by atoms with Gasteiger partial charge in [-0.05, 0) is 43.6 Å². The molecule has 1 aromatic carbocycles. The van der Waals surface area contributed by atoms with Crippen LogP contribution in [-0.2, 0) is 11.3 Å². The normalized spacial score (nSPS) is 17.6. The van der Waals surface area contributed by atoms with Crippen molar-refractivity contribution in [3.63, 3.8) is 0 Å². The van der Waals surface area contributed by atoms with Crippen LogP contribution in [-0.4, -0.2) is 38.1 Å². The number of ether oxygens (including phenoxy) is 1. The minimum Gasteiger partial charge on any atom is -0.497 e. The molecule has 1 saturated heterocycles. The molecule has 1 aliphatic rings. The summed E-state index contributed by atoms with van der Waals surface area (Å²) in [7, 11) is 3.54. The topological polar surface area (TPSA) is 41.6 Å². The molecule has 0 aliphatic carbocycles. The van der Waals surface area contributed by atoms with Crippen molar-refractivity contribution in [2.75, 3.05) is 27.2 Å². The standard InChI is InChI=1S/C16H24N2O2/c1-16(7-9-17-10-8-16)15(19)18(2)12-13-5-4-6-14(11-13)20-3/h4-6,11,17H,7-10,12H2,1-3H3. The van der Waals surface area contributed by atoms with E-state index in [-0.39, 0.29) is 11.3 Å². The maximum absolute atomic E-state index is 12.6. The third kappa shape index (κ3) is 3.31. The van der Waals surface area contributed by atoms with Crippen molar-refractivity contribution < 1.29 is 9.53 Å². The Morgan fingerprint density at radius 3 is 2.75 bits per heavy atom.